The Morgan fingerprint density at radius 1 is 1.15 bits per heavy atom. The molecule has 0 atom stereocenters. The molecule has 104 valence electrons. The summed E-state index contributed by atoms with van der Waals surface area (Å²) >= 11 is 11.0. The van der Waals surface area contributed by atoms with Gasteiger partial charge in [0.05, 0.1) is 12.2 Å². The van der Waals surface area contributed by atoms with Crippen molar-refractivity contribution in [2.75, 3.05) is 6.61 Å². The van der Waals surface area contributed by atoms with Crippen LogP contribution in [-0.4, -0.2) is 11.6 Å². The van der Waals surface area contributed by atoms with Crippen LogP contribution < -0.4 is 10.5 Å². The van der Waals surface area contributed by atoms with Crippen molar-refractivity contribution < 1.29 is 4.74 Å². The molecule has 2 nitrogen and oxygen atoms in total. The fourth-order valence-electron chi connectivity index (χ4n) is 1.92. The molecule has 4 heteroatoms. The molecule has 0 aromatic heterocycles. The second kappa shape index (κ2) is 7.27. The van der Waals surface area contributed by atoms with Gasteiger partial charge in [-0.05, 0) is 36.6 Å². The minimum Gasteiger partial charge on any atom is -0.493 e. The topological polar surface area (TPSA) is 35.2 Å². The van der Waals surface area contributed by atoms with Crippen LogP contribution in [0.2, 0.25) is 5.02 Å². The average Bonchev–Trinajstić information content (AvgIpc) is 2.44. The van der Waals surface area contributed by atoms with Gasteiger partial charge in [0, 0.05) is 5.02 Å². The SMILES string of the molecule is NC(=S)c1ccc(Cl)cc1OCCCc1ccccc1. The van der Waals surface area contributed by atoms with E-state index in [-0.39, 0.29) is 0 Å². The van der Waals surface area contributed by atoms with Gasteiger partial charge < -0.3 is 10.5 Å². The fourth-order valence-corrected chi connectivity index (χ4v) is 2.25. The zero-order chi connectivity index (χ0) is 14.4. The lowest BCUT2D eigenvalue weighted by Gasteiger charge is -2.11. The smallest absolute Gasteiger partial charge is 0.130 e. The van der Waals surface area contributed by atoms with E-state index in [1.807, 2.05) is 18.2 Å². The Kier molecular flexibility index (Phi) is 5.39. The Morgan fingerprint density at radius 2 is 1.90 bits per heavy atom. The van der Waals surface area contributed by atoms with E-state index in [4.69, 9.17) is 34.3 Å². The molecule has 0 unspecified atom stereocenters. The van der Waals surface area contributed by atoms with Crippen LogP contribution in [0, 0.1) is 0 Å². The van der Waals surface area contributed by atoms with E-state index >= 15 is 0 Å². The Balaban J connectivity index is 1.91. The van der Waals surface area contributed by atoms with Crippen LogP contribution in [0.25, 0.3) is 0 Å². The number of hydrogen-bond donors (Lipinski definition) is 1. The van der Waals surface area contributed by atoms with Gasteiger partial charge in [0.25, 0.3) is 0 Å². The van der Waals surface area contributed by atoms with Gasteiger partial charge in [0.2, 0.25) is 0 Å². The maximum absolute atomic E-state index is 5.97. The zero-order valence-electron chi connectivity index (χ0n) is 11.0. The molecule has 0 saturated carbocycles. The number of benzene rings is 2. The van der Waals surface area contributed by atoms with Crippen LogP contribution in [-0.2, 0) is 6.42 Å². The number of thiocarbonyl (C=S) groups is 1. The van der Waals surface area contributed by atoms with Crippen LogP contribution in [0.15, 0.2) is 48.5 Å². The van der Waals surface area contributed by atoms with E-state index in [0.717, 1.165) is 18.4 Å². The normalized spacial score (nSPS) is 10.2. The summed E-state index contributed by atoms with van der Waals surface area (Å²) in [5.41, 5.74) is 7.70. The average molecular weight is 306 g/mol. The third-order valence-electron chi connectivity index (χ3n) is 2.92. The molecule has 0 radical (unpaired) electrons. The van der Waals surface area contributed by atoms with Crippen LogP contribution >= 0.6 is 23.8 Å². The number of aryl methyl sites for hydroxylation is 1. The van der Waals surface area contributed by atoms with Crippen LogP contribution in [0.4, 0.5) is 0 Å². The minimum atomic E-state index is 0.319. The molecular weight excluding hydrogens is 290 g/mol. The number of nitrogens with two attached hydrogens (primary N) is 1. The van der Waals surface area contributed by atoms with E-state index in [1.165, 1.54) is 5.56 Å². The molecule has 0 fully saturated rings. The van der Waals surface area contributed by atoms with E-state index in [0.29, 0.717) is 22.4 Å². The first-order valence-electron chi connectivity index (χ1n) is 6.43. The summed E-state index contributed by atoms with van der Waals surface area (Å²) in [6, 6.07) is 15.6. The van der Waals surface area contributed by atoms with Crippen molar-refractivity contribution in [3.63, 3.8) is 0 Å². The molecule has 0 saturated heterocycles. The van der Waals surface area contributed by atoms with E-state index in [9.17, 15) is 0 Å². The summed E-state index contributed by atoms with van der Waals surface area (Å²) in [7, 11) is 0. The molecule has 2 rings (SSSR count). The predicted octanol–water partition coefficient (Wildman–Crippen LogP) is 3.99. The molecule has 2 aromatic carbocycles. The van der Waals surface area contributed by atoms with Gasteiger partial charge in [-0.2, -0.15) is 0 Å². The first kappa shape index (κ1) is 14.8. The van der Waals surface area contributed by atoms with Gasteiger partial charge in [-0.25, -0.2) is 0 Å². The molecule has 20 heavy (non-hydrogen) atoms. The first-order valence-corrected chi connectivity index (χ1v) is 7.21. The highest BCUT2D eigenvalue weighted by Crippen LogP contribution is 2.23. The van der Waals surface area contributed by atoms with Gasteiger partial charge in [-0.1, -0.05) is 54.2 Å². The maximum Gasteiger partial charge on any atom is 0.130 e. The number of hydrogen-bond acceptors (Lipinski definition) is 2. The van der Waals surface area contributed by atoms with Crippen molar-refractivity contribution >= 4 is 28.8 Å². The molecule has 0 heterocycles. The van der Waals surface area contributed by atoms with Gasteiger partial charge >= 0.3 is 0 Å². The largest absolute Gasteiger partial charge is 0.493 e. The molecule has 0 aliphatic heterocycles. The summed E-state index contributed by atoms with van der Waals surface area (Å²) in [6.07, 6.45) is 1.90. The zero-order valence-corrected chi connectivity index (χ0v) is 12.6. The van der Waals surface area contributed by atoms with Crippen molar-refractivity contribution in [1.82, 2.24) is 0 Å². The van der Waals surface area contributed by atoms with Crippen molar-refractivity contribution in [3.8, 4) is 5.75 Å². The van der Waals surface area contributed by atoms with Crippen LogP contribution in [0.5, 0.6) is 5.75 Å². The molecule has 0 spiro atoms. The number of ether oxygens (including phenoxy) is 1. The lowest BCUT2D eigenvalue weighted by atomic mass is 10.1. The van der Waals surface area contributed by atoms with Gasteiger partial charge in [-0.15, -0.1) is 0 Å². The van der Waals surface area contributed by atoms with Crippen molar-refractivity contribution in [2.24, 2.45) is 5.73 Å². The predicted molar refractivity (Wildman–Crippen MR) is 87.6 cm³/mol. The van der Waals surface area contributed by atoms with E-state index < -0.39 is 0 Å². The van der Waals surface area contributed by atoms with Gasteiger partial charge in [-0.3, -0.25) is 0 Å². The van der Waals surface area contributed by atoms with Gasteiger partial charge in [0.1, 0.15) is 10.7 Å². The molecule has 0 aliphatic rings. The molecule has 2 N–H and O–H groups in total. The van der Waals surface area contributed by atoms with Crippen molar-refractivity contribution in [1.29, 1.82) is 0 Å². The molecule has 2 aromatic rings. The minimum absolute atomic E-state index is 0.319. The summed E-state index contributed by atoms with van der Waals surface area (Å²) < 4.78 is 5.75. The second-order valence-corrected chi connectivity index (χ2v) is 5.32. The molecular formula is C16H16ClNOS. The Bertz CT molecular complexity index is 586. The monoisotopic (exact) mass is 305 g/mol. The molecule has 0 amide bonds. The van der Waals surface area contributed by atoms with Gasteiger partial charge in [0.15, 0.2) is 0 Å². The Hall–Kier alpha value is -1.58. The first-order chi connectivity index (χ1) is 9.66. The third kappa shape index (κ3) is 4.22. The maximum atomic E-state index is 5.97. The lowest BCUT2D eigenvalue weighted by molar-refractivity contribution is 0.310. The lowest BCUT2D eigenvalue weighted by Crippen LogP contribution is -2.12. The summed E-state index contributed by atoms with van der Waals surface area (Å²) in [5, 5.41) is 0.614. The van der Waals surface area contributed by atoms with Crippen molar-refractivity contribution in [2.45, 2.75) is 12.8 Å². The number of halogens is 1. The molecule has 0 aliphatic carbocycles. The van der Waals surface area contributed by atoms with Crippen molar-refractivity contribution in [3.05, 3.63) is 64.7 Å². The second-order valence-electron chi connectivity index (χ2n) is 4.44. The Morgan fingerprint density at radius 3 is 2.60 bits per heavy atom. The summed E-state index contributed by atoms with van der Waals surface area (Å²) in [6.45, 7) is 0.602. The third-order valence-corrected chi connectivity index (χ3v) is 3.37. The summed E-state index contributed by atoms with van der Waals surface area (Å²) in [4.78, 5) is 0.319. The quantitative estimate of drug-likeness (QED) is 0.647. The standard InChI is InChI=1S/C16H16ClNOS/c17-13-8-9-14(16(18)20)15(11-13)19-10-4-7-12-5-2-1-3-6-12/h1-3,5-6,8-9,11H,4,7,10H2,(H2,18,20). The van der Waals surface area contributed by atoms with E-state index in [2.05, 4.69) is 12.1 Å². The fraction of sp³-hybridized carbons (Fsp3) is 0.188. The summed E-state index contributed by atoms with van der Waals surface area (Å²) in [5.74, 6) is 0.651. The van der Waals surface area contributed by atoms with Crippen LogP contribution in [0.1, 0.15) is 17.5 Å². The number of rotatable bonds is 6. The highest BCUT2D eigenvalue weighted by atomic mass is 35.5. The van der Waals surface area contributed by atoms with Crippen LogP contribution in [0.3, 0.4) is 0 Å². The highest BCUT2D eigenvalue weighted by molar-refractivity contribution is 7.80. The highest BCUT2D eigenvalue weighted by Gasteiger charge is 2.07. The molecule has 0 bridgehead atoms. The Labute approximate surface area is 129 Å². The van der Waals surface area contributed by atoms with E-state index in [1.54, 1.807) is 18.2 Å².